The van der Waals surface area contributed by atoms with Crippen molar-refractivity contribution < 1.29 is 62.6 Å². The van der Waals surface area contributed by atoms with Crippen molar-refractivity contribution in [3.05, 3.63) is 11.1 Å². The Kier molecular flexibility index (Phi) is 8.29. The Hall–Kier alpha value is -3.03. The summed E-state index contributed by atoms with van der Waals surface area (Å²) in [5.74, 6) is -4.68. The molecule has 4 aliphatic rings. The number of aliphatic hydroxyl groups excluding tert-OH is 1. The van der Waals surface area contributed by atoms with Crippen LogP contribution in [0.2, 0.25) is 0 Å². The van der Waals surface area contributed by atoms with Crippen LogP contribution in [0.15, 0.2) is 11.1 Å². The van der Waals surface area contributed by atoms with Crippen molar-refractivity contribution in [3.8, 4) is 0 Å². The lowest BCUT2D eigenvalue weighted by Gasteiger charge is -2.65. The quantitative estimate of drug-likeness (QED) is 0.250. The SMILES string of the molecule is CC(=O)O[C@H]1C[C@]2(C(C)(C)O)C(=C1C)[C@@H](O)[C@H](OC(C)=O)[C@]1(C)[C@@H](OC(C)=O)C[C@H]3OC[C@@]3(OC(C)=O)[C@@H]1[C@@H]2OC(C)=O. The van der Waals surface area contributed by atoms with Gasteiger partial charge in [0.05, 0.1) is 29.0 Å². The minimum atomic E-state index is -1.79. The molecule has 0 spiro atoms. The molecule has 0 bridgehead atoms. The van der Waals surface area contributed by atoms with Gasteiger partial charge in [-0.25, -0.2) is 0 Å². The molecule has 2 saturated carbocycles. The number of carbonyl (C=O) groups excluding carboxylic acids is 5. The van der Waals surface area contributed by atoms with Gasteiger partial charge in [0.2, 0.25) is 0 Å². The van der Waals surface area contributed by atoms with E-state index in [0.29, 0.717) is 5.57 Å². The fourth-order valence-electron chi connectivity index (χ4n) is 8.44. The van der Waals surface area contributed by atoms with Crippen molar-refractivity contribution in [2.24, 2.45) is 16.7 Å². The zero-order valence-electron chi connectivity index (χ0n) is 26.0. The second kappa shape index (κ2) is 10.8. The standard InChI is InChI=1S/C30H42O13/c1-13-19(39-14(2)31)11-29(27(7,8)37)22(13)23(36)25(41-16(4)33)28(9)20(40-15(3)32)10-21-30(12-38-21,43-18(6)35)24(28)26(29)42-17(5)34/h19-21,23-26,36-37H,10-12H2,1-9H3/t19-,20-,21+,23+,24+,25-,26-,28+,29-,30-/m0/s1. The number of ether oxygens (including phenoxy) is 6. The lowest BCUT2D eigenvalue weighted by Crippen LogP contribution is -2.79. The molecule has 0 aromatic carbocycles. The molecule has 13 heteroatoms. The van der Waals surface area contributed by atoms with Crippen LogP contribution in [0.25, 0.3) is 0 Å². The molecular formula is C30H42O13. The van der Waals surface area contributed by atoms with E-state index in [1.165, 1.54) is 41.5 Å². The Morgan fingerprint density at radius 1 is 0.860 bits per heavy atom. The van der Waals surface area contributed by atoms with Gasteiger partial charge in [0.25, 0.3) is 0 Å². The van der Waals surface area contributed by atoms with Gasteiger partial charge >= 0.3 is 29.8 Å². The van der Waals surface area contributed by atoms with Crippen LogP contribution in [0.4, 0.5) is 0 Å². The topological polar surface area (TPSA) is 181 Å². The summed E-state index contributed by atoms with van der Waals surface area (Å²) in [5.41, 5.74) is -6.06. The van der Waals surface area contributed by atoms with Crippen molar-refractivity contribution in [2.75, 3.05) is 6.61 Å². The third-order valence-corrected chi connectivity index (χ3v) is 9.88. The average molecular weight is 611 g/mol. The van der Waals surface area contributed by atoms with Crippen LogP contribution >= 0.6 is 0 Å². The van der Waals surface area contributed by atoms with Gasteiger partial charge in [-0.1, -0.05) is 6.92 Å². The summed E-state index contributed by atoms with van der Waals surface area (Å²) in [4.78, 5) is 63.0. The molecule has 3 fully saturated rings. The van der Waals surface area contributed by atoms with Crippen LogP contribution in [0.3, 0.4) is 0 Å². The summed E-state index contributed by atoms with van der Waals surface area (Å²) in [5, 5.41) is 24.4. The summed E-state index contributed by atoms with van der Waals surface area (Å²) >= 11 is 0. The predicted molar refractivity (Wildman–Crippen MR) is 145 cm³/mol. The zero-order valence-corrected chi connectivity index (χ0v) is 26.0. The summed E-state index contributed by atoms with van der Waals surface area (Å²) in [7, 11) is 0. The molecule has 1 aliphatic heterocycles. The summed E-state index contributed by atoms with van der Waals surface area (Å²) in [6.45, 7) is 12.0. The smallest absolute Gasteiger partial charge is 0.303 e. The number of fused-ring (bicyclic) bond motifs is 4. The molecule has 3 aliphatic carbocycles. The van der Waals surface area contributed by atoms with Crippen LogP contribution in [0.5, 0.6) is 0 Å². The maximum Gasteiger partial charge on any atom is 0.303 e. The predicted octanol–water partition coefficient (Wildman–Crippen LogP) is 1.29. The average Bonchev–Trinajstić information content (AvgIpc) is 3.10. The first kappa shape index (κ1) is 32.9. The molecule has 0 aromatic heterocycles. The van der Waals surface area contributed by atoms with E-state index in [2.05, 4.69) is 0 Å². The number of aliphatic hydroxyl groups is 2. The number of hydrogen-bond donors (Lipinski definition) is 2. The lowest BCUT2D eigenvalue weighted by molar-refractivity contribution is -0.353. The molecule has 2 N–H and O–H groups in total. The van der Waals surface area contributed by atoms with Crippen molar-refractivity contribution in [1.82, 2.24) is 0 Å². The molecule has 0 unspecified atom stereocenters. The normalized spacial score (nSPS) is 40.0. The highest BCUT2D eigenvalue weighted by atomic mass is 16.6. The third kappa shape index (κ3) is 4.93. The van der Waals surface area contributed by atoms with Gasteiger partial charge in [-0.15, -0.1) is 0 Å². The first-order chi connectivity index (χ1) is 19.7. The van der Waals surface area contributed by atoms with E-state index in [9.17, 15) is 34.2 Å². The van der Waals surface area contributed by atoms with E-state index in [0.717, 1.165) is 6.92 Å². The van der Waals surface area contributed by atoms with E-state index < -0.39 is 94.4 Å². The third-order valence-electron chi connectivity index (χ3n) is 9.88. The molecule has 43 heavy (non-hydrogen) atoms. The molecule has 1 saturated heterocycles. The van der Waals surface area contributed by atoms with Crippen molar-refractivity contribution in [3.63, 3.8) is 0 Å². The van der Waals surface area contributed by atoms with Crippen molar-refractivity contribution in [2.45, 2.75) is 123 Å². The van der Waals surface area contributed by atoms with Gasteiger partial charge < -0.3 is 38.6 Å². The van der Waals surface area contributed by atoms with Crippen molar-refractivity contribution >= 4 is 29.8 Å². The molecule has 240 valence electrons. The highest BCUT2D eigenvalue weighted by Gasteiger charge is 2.80. The second-order valence-electron chi connectivity index (χ2n) is 13.0. The van der Waals surface area contributed by atoms with Gasteiger partial charge in [-0.3, -0.25) is 24.0 Å². The monoisotopic (exact) mass is 610 g/mol. The van der Waals surface area contributed by atoms with Gasteiger partial charge in [0.1, 0.15) is 36.6 Å². The molecule has 4 rings (SSSR count). The Labute approximate surface area is 250 Å². The van der Waals surface area contributed by atoms with Gasteiger partial charge in [0, 0.05) is 47.5 Å². The van der Waals surface area contributed by atoms with E-state index >= 15 is 0 Å². The number of rotatable bonds is 6. The van der Waals surface area contributed by atoms with Gasteiger partial charge in [0.15, 0.2) is 5.60 Å². The first-order valence-corrected chi connectivity index (χ1v) is 14.4. The van der Waals surface area contributed by atoms with Crippen LogP contribution in [0, 0.1) is 16.7 Å². The zero-order chi connectivity index (χ0) is 32.4. The molecule has 0 amide bonds. The number of carbonyl (C=O) groups is 5. The first-order valence-electron chi connectivity index (χ1n) is 14.4. The number of hydrogen-bond acceptors (Lipinski definition) is 13. The summed E-state index contributed by atoms with van der Waals surface area (Å²) in [6.07, 6.45) is -7.58. The second-order valence-corrected chi connectivity index (χ2v) is 13.0. The van der Waals surface area contributed by atoms with E-state index in [1.54, 1.807) is 13.8 Å². The van der Waals surface area contributed by atoms with Crippen LogP contribution in [-0.4, -0.2) is 94.5 Å². The molecule has 13 nitrogen and oxygen atoms in total. The molecule has 1 heterocycles. The van der Waals surface area contributed by atoms with Gasteiger partial charge in [-0.2, -0.15) is 0 Å². The van der Waals surface area contributed by atoms with Crippen LogP contribution < -0.4 is 0 Å². The van der Waals surface area contributed by atoms with Crippen LogP contribution in [-0.2, 0) is 52.4 Å². The maximum absolute atomic E-state index is 13.0. The fraction of sp³-hybridized carbons (Fsp3) is 0.767. The van der Waals surface area contributed by atoms with E-state index in [4.69, 9.17) is 28.4 Å². The Balaban J connectivity index is 2.18. The largest absolute Gasteiger partial charge is 0.462 e. The minimum absolute atomic E-state index is 0.000750. The fourth-order valence-corrected chi connectivity index (χ4v) is 8.44. The Morgan fingerprint density at radius 2 is 1.40 bits per heavy atom. The highest BCUT2D eigenvalue weighted by molar-refractivity contribution is 5.70. The number of esters is 5. The highest BCUT2D eigenvalue weighted by Crippen LogP contribution is 2.68. The Bertz CT molecular complexity index is 1250. The Morgan fingerprint density at radius 3 is 1.84 bits per heavy atom. The molecule has 0 radical (unpaired) electrons. The van der Waals surface area contributed by atoms with Gasteiger partial charge in [-0.05, 0) is 31.9 Å². The minimum Gasteiger partial charge on any atom is -0.462 e. The van der Waals surface area contributed by atoms with E-state index in [1.807, 2.05) is 0 Å². The van der Waals surface area contributed by atoms with Crippen molar-refractivity contribution in [1.29, 1.82) is 0 Å². The molecule has 10 atom stereocenters. The lowest BCUT2D eigenvalue weighted by atomic mass is 9.49. The maximum atomic E-state index is 13.0. The van der Waals surface area contributed by atoms with Crippen LogP contribution in [0.1, 0.15) is 75.2 Å². The van der Waals surface area contributed by atoms with E-state index in [-0.39, 0.29) is 25.0 Å². The molecular weight excluding hydrogens is 568 g/mol. The summed E-state index contributed by atoms with van der Waals surface area (Å²) < 4.78 is 35.4. The summed E-state index contributed by atoms with van der Waals surface area (Å²) in [6, 6.07) is 0. The molecule has 0 aromatic rings.